The molecule has 32 heavy (non-hydrogen) atoms. The average Bonchev–Trinajstić information content (AvgIpc) is 3.01. The Morgan fingerprint density at radius 3 is 2.56 bits per heavy atom. The maximum Gasteiger partial charge on any atom is 0.331 e. The smallest absolute Gasteiger partial charge is 0.331 e. The van der Waals surface area contributed by atoms with Gasteiger partial charge in [-0.25, -0.2) is 4.79 Å². The van der Waals surface area contributed by atoms with E-state index in [9.17, 15) is 24.8 Å². The summed E-state index contributed by atoms with van der Waals surface area (Å²) in [5.41, 5.74) is -0.204. The lowest BCUT2D eigenvalue weighted by Crippen LogP contribution is -2.61. The van der Waals surface area contributed by atoms with Crippen LogP contribution in [0, 0.1) is 27.4 Å². The van der Waals surface area contributed by atoms with Gasteiger partial charge in [0.1, 0.15) is 17.5 Å². The number of fused-ring (bicyclic) bond motifs is 5. The van der Waals surface area contributed by atoms with E-state index in [0.717, 1.165) is 12.0 Å². The second kappa shape index (κ2) is 7.84. The Balaban J connectivity index is 1.77. The minimum Gasteiger partial charge on any atom is -0.427 e. The molecule has 0 heterocycles. The molecule has 0 saturated heterocycles. The molecule has 0 aromatic heterocycles. The highest BCUT2D eigenvalue weighted by atomic mass is 17.0. The highest BCUT2D eigenvalue weighted by molar-refractivity contribution is 5.92. The Bertz CT molecular complexity index is 1010. The maximum absolute atomic E-state index is 12.0. The quantitative estimate of drug-likeness (QED) is 0.245. The van der Waals surface area contributed by atoms with Gasteiger partial charge in [-0.1, -0.05) is 18.1 Å². The van der Waals surface area contributed by atoms with E-state index >= 15 is 0 Å². The zero-order valence-electron chi connectivity index (χ0n) is 18.2. The van der Waals surface area contributed by atoms with E-state index in [1.54, 1.807) is 18.2 Å². The summed E-state index contributed by atoms with van der Waals surface area (Å²) in [4.78, 5) is 43.9. The fourth-order valence-corrected chi connectivity index (χ4v) is 6.10. The predicted octanol–water partition coefficient (Wildman–Crippen LogP) is 2.68. The molecule has 2 fully saturated rings. The SMILES string of the molecule is CC(=O)O/N=C1/CC[C@H]2[C@@H]3CCc4cc(OC(C)=O)ccc4C3(O)[C@@H](O[N+](=O)[O-])C[C@]12C. The summed E-state index contributed by atoms with van der Waals surface area (Å²) in [6, 6.07) is 4.95. The van der Waals surface area contributed by atoms with Crippen molar-refractivity contribution in [2.75, 3.05) is 0 Å². The van der Waals surface area contributed by atoms with Gasteiger partial charge >= 0.3 is 11.9 Å². The predicted molar refractivity (Wildman–Crippen MR) is 110 cm³/mol. The molecule has 0 amide bonds. The third-order valence-electron chi connectivity index (χ3n) is 7.31. The second-order valence-corrected chi connectivity index (χ2v) is 9.09. The second-order valence-electron chi connectivity index (χ2n) is 9.09. The third kappa shape index (κ3) is 3.52. The number of carbonyl (C=O) groups excluding carboxylic acids is 2. The number of carbonyl (C=O) groups is 2. The van der Waals surface area contributed by atoms with Crippen LogP contribution in [0.5, 0.6) is 5.75 Å². The summed E-state index contributed by atoms with van der Waals surface area (Å²) in [5.74, 6) is -0.962. The molecule has 1 aromatic carbocycles. The lowest BCUT2D eigenvalue weighted by Gasteiger charge is -2.56. The van der Waals surface area contributed by atoms with Gasteiger partial charge in [-0.05, 0) is 67.2 Å². The van der Waals surface area contributed by atoms with Crippen molar-refractivity contribution in [2.24, 2.45) is 22.4 Å². The summed E-state index contributed by atoms with van der Waals surface area (Å²) in [6.45, 7) is 4.52. The molecule has 1 aromatic rings. The Morgan fingerprint density at radius 2 is 1.91 bits per heavy atom. The first-order valence-corrected chi connectivity index (χ1v) is 10.7. The number of benzene rings is 1. The van der Waals surface area contributed by atoms with Crippen molar-refractivity contribution in [3.05, 3.63) is 39.4 Å². The molecule has 10 nitrogen and oxygen atoms in total. The largest absolute Gasteiger partial charge is 0.427 e. The Morgan fingerprint density at radius 1 is 1.19 bits per heavy atom. The van der Waals surface area contributed by atoms with E-state index in [1.807, 2.05) is 6.92 Å². The number of esters is 1. The molecule has 0 radical (unpaired) electrons. The molecule has 1 N–H and O–H groups in total. The minimum absolute atomic E-state index is 0.0188. The van der Waals surface area contributed by atoms with Gasteiger partial charge in [0.15, 0.2) is 0 Å². The van der Waals surface area contributed by atoms with E-state index in [-0.39, 0.29) is 18.3 Å². The zero-order chi connectivity index (χ0) is 23.3. The Hall–Kier alpha value is -3.01. The normalized spacial score (nSPS) is 34.1. The van der Waals surface area contributed by atoms with E-state index in [0.29, 0.717) is 36.3 Å². The Labute approximate surface area is 184 Å². The van der Waals surface area contributed by atoms with Crippen LogP contribution in [-0.4, -0.2) is 33.9 Å². The van der Waals surface area contributed by atoms with E-state index in [4.69, 9.17) is 14.4 Å². The van der Waals surface area contributed by atoms with Crippen molar-refractivity contribution in [3.8, 4) is 5.75 Å². The molecule has 3 aliphatic rings. The molecule has 10 heteroatoms. The van der Waals surface area contributed by atoms with Crippen LogP contribution < -0.4 is 4.74 Å². The number of rotatable bonds is 4. The molecule has 172 valence electrons. The molecule has 4 rings (SSSR count). The number of hydrogen-bond donors (Lipinski definition) is 1. The fourth-order valence-electron chi connectivity index (χ4n) is 6.10. The van der Waals surface area contributed by atoms with Crippen LogP contribution in [-0.2, 0) is 31.3 Å². The number of oxime groups is 1. The van der Waals surface area contributed by atoms with Gasteiger partial charge in [-0.2, -0.15) is 0 Å². The number of aryl methyl sites for hydroxylation is 1. The van der Waals surface area contributed by atoms with Gasteiger partial charge in [-0.15, -0.1) is 10.1 Å². The number of hydrogen-bond acceptors (Lipinski definition) is 9. The monoisotopic (exact) mass is 446 g/mol. The van der Waals surface area contributed by atoms with Crippen LogP contribution in [0.1, 0.15) is 57.6 Å². The van der Waals surface area contributed by atoms with Crippen molar-refractivity contribution in [1.29, 1.82) is 0 Å². The first kappa shape index (κ1) is 22.2. The van der Waals surface area contributed by atoms with Crippen molar-refractivity contribution >= 4 is 17.7 Å². The first-order valence-electron chi connectivity index (χ1n) is 10.7. The maximum atomic E-state index is 12.0. The molecular weight excluding hydrogens is 420 g/mol. The highest BCUT2D eigenvalue weighted by Gasteiger charge is 2.64. The van der Waals surface area contributed by atoms with Crippen LogP contribution in [0.3, 0.4) is 0 Å². The summed E-state index contributed by atoms with van der Waals surface area (Å²) >= 11 is 0. The van der Waals surface area contributed by atoms with Crippen LogP contribution in [0.15, 0.2) is 23.4 Å². The summed E-state index contributed by atoms with van der Waals surface area (Å²) in [5, 5.41) is 26.6. The molecule has 3 aliphatic carbocycles. The summed E-state index contributed by atoms with van der Waals surface area (Å²) in [7, 11) is 0. The lowest BCUT2D eigenvalue weighted by molar-refractivity contribution is -0.775. The van der Waals surface area contributed by atoms with Gasteiger partial charge in [0.25, 0.3) is 5.09 Å². The van der Waals surface area contributed by atoms with Crippen molar-refractivity contribution in [2.45, 2.75) is 64.6 Å². The number of nitrogens with zero attached hydrogens (tertiary/aromatic N) is 2. The molecular formula is C22H26N2O8. The average molecular weight is 446 g/mol. The summed E-state index contributed by atoms with van der Waals surface area (Å²) < 4.78 is 5.17. The molecule has 0 aliphatic heterocycles. The van der Waals surface area contributed by atoms with E-state index in [1.165, 1.54) is 13.8 Å². The van der Waals surface area contributed by atoms with Gasteiger partial charge in [0.2, 0.25) is 0 Å². The van der Waals surface area contributed by atoms with Gasteiger partial charge < -0.3 is 19.5 Å². The fraction of sp³-hybridized carbons (Fsp3) is 0.591. The van der Waals surface area contributed by atoms with Gasteiger partial charge in [0, 0.05) is 19.3 Å². The highest BCUT2D eigenvalue weighted by Crippen LogP contribution is 2.62. The first-order chi connectivity index (χ1) is 15.1. The van der Waals surface area contributed by atoms with E-state index < -0.39 is 34.1 Å². The van der Waals surface area contributed by atoms with Gasteiger partial charge in [-0.3, -0.25) is 4.79 Å². The van der Waals surface area contributed by atoms with Crippen LogP contribution >= 0.6 is 0 Å². The standard InChI is InChI=1S/C22H26N2O8/c1-12(25)30-15-5-7-16-14(10-15)4-6-18-17-8-9-19(23-31-13(2)26)21(17,3)11-20(22(16,18)27)32-24(28)29/h5,7,10,17-18,20,27H,4,6,8-9,11H2,1-3H3/b23-19-/t17-,18-,20-,21-,22?/m0/s1. The van der Waals surface area contributed by atoms with Gasteiger partial charge in [0.05, 0.1) is 5.71 Å². The van der Waals surface area contributed by atoms with Crippen molar-refractivity contribution in [3.63, 3.8) is 0 Å². The molecule has 5 atom stereocenters. The van der Waals surface area contributed by atoms with Crippen LogP contribution in [0.25, 0.3) is 0 Å². The molecule has 0 spiro atoms. The summed E-state index contributed by atoms with van der Waals surface area (Å²) in [6.07, 6.45) is 1.50. The van der Waals surface area contributed by atoms with Crippen molar-refractivity contribution in [1.82, 2.24) is 0 Å². The number of ether oxygens (including phenoxy) is 1. The topological polar surface area (TPSA) is 138 Å². The van der Waals surface area contributed by atoms with Crippen LogP contribution in [0.4, 0.5) is 0 Å². The number of aliphatic hydroxyl groups is 1. The third-order valence-corrected chi connectivity index (χ3v) is 7.31. The van der Waals surface area contributed by atoms with E-state index in [2.05, 4.69) is 5.16 Å². The zero-order valence-corrected chi connectivity index (χ0v) is 18.2. The molecule has 1 unspecified atom stereocenters. The van der Waals surface area contributed by atoms with Crippen molar-refractivity contribution < 1.29 is 34.2 Å². The van der Waals surface area contributed by atoms with Crippen LogP contribution in [0.2, 0.25) is 0 Å². The molecule has 2 saturated carbocycles. The Kier molecular flexibility index (Phi) is 5.44. The lowest BCUT2D eigenvalue weighted by atomic mass is 9.52. The minimum atomic E-state index is -1.59. The molecule has 0 bridgehead atoms.